The van der Waals surface area contributed by atoms with E-state index in [1.807, 2.05) is 0 Å². The lowest BCUT2D eigenvalue weighted by Gasteiger charge is -2.01. The fraction of sp³-hybridized carbons (Fsp3) is 0.300. The highest BCUT2D eigenvalue weighted by Gasteiger charge is 2.20. The van der Waals surface area contributed by atoms with Crippen LogP contribution >= 0.6 is 0 Å². The predicted molar refractivity (Wildman–Crippen MR) is 62.5 cm³/mol. The Balaban J connectivity index is 2.17. The number of nitrogens with one attached hydrogen (secondary N) is 2. The Kier molecular flexibility index (Phi) is 3.27. The Morgan fingerprint density at radius 3 is 2.26 bits per heavy atom. The van der Waals surface area contributed by atoms with E-state index in [1.165, 1.54) is 6.92 Å². The fourth-order valence-corrected chi connectivity index (χ4v) is 1.43. The molecule has 0 spiro atoms. The van der Waals surface area contributed by atoms with Gasteiger partial charge in [-0.05, 0) is 17.2 Å². The second-order valence-electron chi connectivity index (χ2n) is 3.74. The Morgan fingerprint density at radius 1 is 1.11 bits per heavy atom. The van der Waals surface area contributed by atoms with Crippen LogP contribution in [0.25, 0.3) is 0 Å². The summed E-state index contributed by atoms with van der Waals surface area (Å²) in [6, 6.07) is 0. The Labute approximate surface area is 107 Å². The molecular weight excluding hydrogens is 254 g/mol. The highest BCUT2D eigenvalue weighted by Crippen LogP contribution is 2.18. The number of anilines is 2. The van der Waals surface area contributed by atoms with Crippen LogP contribution in [0.1, 0.15) is 29.1 Å². The van der Waals surface area contributed by atoms with Crippen LogP contribution in [-0.2, 0) is 4.79 Å². The van der Waals surface area contributed by atoms with Gasteiger partial charge in [0.1, 0.15) is 0 Å². The van der Waals surface area contributed by atoms with Crippen molar-refractivity contribution < 1.29 is 18.6 Å². The summed E-state index contributed by atoms with van der Waals surface area (Å²) in [6.45, 7) is 4.57. The Bertz CT molecular complexity index is 630. The molecule has 0 atom stereocenters. The average molecular weight is 265 g/mol. The number of amides is 2. The van der Waals surface area contributed by atoms with Crippen LogP contribution in [0.4, 0.5) is 11.6 Å². The molecule has 0 saturated carbocycles. The van der Waals surface area contributed by atoms with Crippen LogP contribution in [-0.4, -0.2) is 27.1 Å². The van der Waals surface area contributed by atoms with Gasteiger partial charge in [0.2, 0.25) is 23.3 Å². The van der Waals surface area contributed by atoms with Gasteiger partial charge < -0.3 is 9.73 Å². The van der Waals surface area contributed by atoms with Crippen LogP contribution in [0.3, 0.4) is 0 Å². The summed E-state index contributed by atoms with van der Waals surface area (Å²) < 4.78 is 9.60. The monoisotopic (exact) mass is 265 g/mol. The van der Waals surface area contributed by atoms with Gasteiger partial charge in [-0.1, -0.05) is 0 Å². The molecule has 19 heavy (non-hydrogen) atoms. The van der Waals surface area contributed by atoms with Crippen LogP contribution in [0.5, 0.6) is 0 Å². The van der Waals surface area contributed by atoms with Gasteiger partial charge in [0.15, 0.2) is 5.89 Å². The van der Waals surface area contributed by atoms with Crippen LogP contribution in [0.15, 0.2) is 9.05 Å². The molecule has 0 aliphatic carbocycles. The molecule has 0 fully saturated rings. The third kappa shape index (κ3) is 2.76. The number of hydrogen-bond donors (Lipinski definition) is 2. The highest BCUT2D eigenvalue weighted by atomic mass is 16.6. The summed E-state index contributed by atoms with van der Waals surface area (Å²) in [4.78, 5) is 26.8. The largest absolute Gasteiger partial charge is 0.436 e. The number of aryl methyl sites for hydroxylation is 2. The van der Waals surface area contributed by atoms with Crippen molar-refractivity contribution in [2.45, 2.75) is 20.8 Å². The molecule has 2 N–H and O–H groups in total. The van der Waals surface area contributed by atoms with Crippen LogP contribution in [0.2, 0.25) is 0 Å². The molecule has 2 aromatic heterocycles. The van der Waals surface area contributed by atoms with E-state index >= 15 is 0 Å². The van der Waals surface area contributed by atoms with Gasteiger partial charge in [-0.25, -0.2) is 9.61 Å². The molecule has 9 heteroatoms. The molecule has 0 aliphatic rings. The summed E-state index contributed by atoms with van der Waals surface area (Å²) in [7, 11) is 0. The molecule has 0 radical (unpaired) electrons. The number of nitrogens with zero attached hydrogens (tertiary/aromatic N) is 3. The zero-order valence-corrected chi connectivity index (χ0v) is 10.5. The van der Waals surface area contributed by atoms with Gasteiger partial charge in [-0.2, -0.15) is 0 Å². The maximum atomic E-state index is 11.9. The summed E-state index contributed by atoms with van der Waals surface area (Å²) in [5.41, 5.74) is 0.451. The minimum atomic E-state index is -0.555. The van der Waals surface area contributed by atoms with Crippen LogP contribution in [0, 0.1) is 13.8 Å². The third-order valence-electron chi connectivity index (χ3n) is 2.12. The first-order valence-corrected chi connectivity index (χ1v) is 5.33. The van der Waals surface area contributed by atoms with E-state index in [-0.39, 0.29) is 23.3 Å². The van der Waals surface area contributed by atoms with E-state index < -0.39 is 5.91 Å². The van der Waals surface area contributed by atoms with E-state index in [4.69, 9.17) is 4.42 Å². The van der Waals surface area contributed by atoms with Crippen molar-refractivity contribution in [3.05, 3.63) is 17.3 Å². The maximum Gasteiger partial charge on any atom is 0.294 e. The molecule has 2 amide bonds. The molecule has 100 valence electrons. The van der Waals surface area contributed by atoms with E-state index in [1.54, 1.807) is 13.8 Å². The van der Waals surface area contributed by atoms with Crippen molar-refractivity contribution in [2.75, 3.05) is 10.6 Å². The molecule has 0 bridgehead atoms. The quantitative estimate of drug-likeness (QED) is 0.844. The number of hydrogen-bond acceptors (Lipinski definition) is 7. The van der Waals surface area contributed by atoms with Crippen molar-refractivity contribution in [1.29, 1.82) is 0 Å². The van der Waals surface area contributed by atoms with Gasteiger partial charge in [0.05, 0.1) is 5.69 Å². The highest BCUT2D eigenvalue weighted by molar-refractivity contribution is 6.04. The van der Waals surface area contributed by atoms with E-state index in [2.05, 4.69) is 30.6 Å². The topological polar surface area (TPSA) is 123 Å². The summed E-state index contributed by atoms with van der Waals surface area (Å²) >= 11 is 0. The molecule has 0 unspecified atom stereocenters. The zero-order chi connectivity index (χ0) is 14.0. The van der Waals surface area contributed by atoms with E-state index in [9.17, 15) is 9.59 Å². The van der Waals surface area contributed by atoms with Crippen molar-refractivity contribution in [3.8, 4) is 0 Å². The van der Waals surface area contributed by atoms with E-state index in [0.29, 0.717) is 11.6 Å². The SMILES string of the molecule is CC(=O)Nc1nonc1NC(=O)c1oc(C)nc1C. The molecular formula is C10H11N5O4. The van der Waals surface area contributed by atoms with Crippen LogP contribution < -0.4 is 10.6 Å². The molecule has 0 aromatic carbocycles. The average Bonchev–Trinajstić information content (AvgIpc) is 2.85. The predicted octanol–water partition coefficient (Wildman–Crippen LogP) is 0.885. The molecule has 2 heterocycles. The van der Waals surface area contributed by atoms with Crippen molar-refractivity contribution in [1.82, 2.24) is 15.3 Å². The normalized spacial score (nSPS) is 10.3. The zero-order valence-electron chi connectivity index (χ0n) is 10.5. The lowest BCUT2D eigenvalue weighted by Crippen LogP contribution is -2.15. The van der Waals surface area contributed by atoms with Crippen molar-refractivity contribution in [2.24, 2.45) is 0 Å². The van der Waals surface area contributed by atoms with Crippen molar-refractivity contribution in [3.63, 3.8) is 0 Å². The minimum absolute atomic E-state index is 0.00588. The van der Waals surface area contributed by atoms with Gasteiger partial charge in [0.25, 0.3) is 5.91 Å². The minimum Gasteiger partial charge on any atom is -0.436 e. The second-order valence-corrected chi connectivity index (χ2v) is 3.74. The fourth-order valence-electron chi connectivity index (χ4n) is 1.43. The number of aromatic nitrogens is 3. The summed E-state index contributed by atoms with van der Waals surface area (Å²) in [5.74, 6) is -0.459. The van der Waals surface area contributed by atoms with Gasteiger partial charge >= 0.3 is 0 Å². The lowest BCUT2D eigenvalue weighted by atomic mass is 10.3. The summed E-state index contributed by atoms with van der Waals surface area (Å²) in [5, 5.41) is 11.7. The lowest BCUT2D eigenvalue weighted by molar-refractivity contribution is -0.114. The van der Waals surface area contributed by atoms with Crippen molar-refractivity contribution >= 4 is 23.5 Å². The first kappa shape index (κ1) is 12.7. The second kappa shape index (κ2) is 4.88. The molecule has 9 nitrogen and oxygen atoms in total. The maximum absolute atomic E-state index is 11.9. The van der Waals surface area contributed by atoms with Gasteiger partial charge in [-0.3, -0.25) is 14.9 Å². The van der Waals surface area contributed by atoms with E-state index in [0.717, 1.165) is 0 Å². The number of carbonyl (C=O) groups is 2. The molecule has 0 aliphatic heterocycles. The van der Waals surface area contributed by atoms with Gasteiger partial charge in [0, 0.05) is 13.8 Å². The number of oxazole rings is 1. The van der Waals surface area contributed by atoms with Gasteiger partial charge in [-0.15, -0.1) is 0 Å². The number of carbonyl (C=O) groups excluding carboxylic acids is 2. The first-order chi connectivity index (χ1) is 8.97. The Morgan fingerprint density at radius 2 is 1.74 bits per heavy atom. The molecule has 2 rings (SSSR count). The standard InChI is InChI=1S/C10H11N5O4/c1-4-7(18-6(3)11-4)10(17)13-9-8(12-5(2)16)14-19-15-9/h1-3H3,(H,12,14,16)(H,13,15,17). The smallest absolute Gasteiger partial charge is 0.294 e. The first-order valence-electron chi connectivity index (χ1n) is 5.33. The number of rotatable bonds is 3. The third-order valence-corrected chi connectivity index (χ3v) is 2.12. The Hall–Kier alpha value is -2.71. The molecule has 0 saturated heterocycles. The molecule has 2 aromatic rings. The summed E-state index contributed by atoms with van der Waals surface area (Å²) in [6.07, 6.45) is 0.